The number of carboxylic acids is 1. The Morgan fingerprint density at radius 1 is 1.03 bits per heavy atom. The molecule has 30 heavy (non-hydrogen) atoms. The monoisotopic (exact) mass is 431 g/mol. The van der Waals surface area contributed by atoms with E-state index in [2.05, 4.69) is 11.8 Å². The summed E-state index contributed by atoms with van der Waals surface area (Å²) < 4.78 is 5.94. The first-order chi connectivity index (χ1) is 14.5. The molecule has 0 unspecified atom stereocenters. The van der Waals surface area contributed by atoms with Gasteiger partial charge in [-0.2, -0.15) is 0 Å². The summed E-state index contributed by atoms with van der Waals surface area (Å²) in [7, 11) is 0. The number of furan rings is 1. The number of carbonyl (C=O) groups excluding carboxylic acids is 1. The van der Waals surface area contributed by atoms with Crippen LogP contribution < -0.4 is 4.90 Å². The van der Waals surface area contributed by atoms with E-state index in [0.29, 0.717) is 16.4 Å². The van der Waals surface area contributed by atoms with Crippen LogP contribution in [0.2, 0.25) is 0 Å². The molecule has 0 atom stereocenters. The van der Waals surface area contributed by atoms with Crippen molar-refractivity contribution in [3.63, 3.8) is 0 Å². The van der Waals surface area contributed by atoms with Gasteiger partial charge in [0.2, 0.25) is 0 Å². The average molecular weight is 431 g/mol. The molecule has 4 rings (SSSR count). The van der Waals surface area contributed by atoms with Gasteiger partial charge in [-0.3, -0.25) is 9.69 Å². The Kier molecular flexibility index (Phi) is 5.53. The van der Waals surface area contributed by atoms with E-state index in [0.717, 1.165) is 17.3 Å². The van der Waals surface area contributed by atoms with Gasteiger partial charge in [0.1, 0.15) is 5.76 Å². The van der Waals surface area contributed by atoms with E-state index in [1.54, 1.807) is 36.4 Å². The summed E-state index contributed by atoms with van der Waals surface area (Å²) >= 11 is 6.41. The Morgan fingerprint density at radius 2 is 1.77 bits per heavy atom. The van der Waals surface area contributed by atoms with Gasteiger partial charge in [0, 0.05) is 11.6 Å². The molecular formula is C23H13NO4S2. The Labute approximate surface area is 182 Å². The Hall–Kier alpha value is -3.60. The molecule has 1 amide bonds. The molecule has 1 N–H and O–H groups in total. The maximum Gasteiger partial charge on any atom is 0.337 e. The van der Waals surface area contributed by atoms with Crippen molar-refractivity contribution in [1.82, 2.24) is 0 Å². The van der Waals surface area contributed by atoms with Crippen molar-refractivity contribution in [1.29, 1.82) is 0 Å². The van der Waals surface area contributed by atoms with Crippen LogP contribution in [-0.2, 0) is 4.79 Å². The van der Waals surface area contributed by atoms with Crippen LogP contribution in [0.25, 0.3) is 6.08 Å². The summed E-state index contributed by atoms with van der Waals surface area (Å²) in [5.41, 5.74) is 1.12. The van der Waals surface area contributed by atoms with Gasteiger partial charge in [0.15, 0.2) is 10.1 Å². The Morgan fingerprint density at radius 3 is 2.53 bits per heavy atom. The van der Waals surface area contributed by atoms with Crippen LogP contribution in [0.5, 0.6) is 0 Å². The summed E-state index contributed by atoms with van der Waals surface area (Å²) in [6, 6.07) is 19.2. The highest BCUT2D eigenvalue weighted by atomic mass is 32.2. The van der Waals surface area contributed by atoms with Crippen molar-refractivity contribution in [2.45, 2.75) is 0 Å². The van der Waals surface area contributed by atoms with Gasteiger partial charge in [-0.25, -0.2) is 4.79 Å². The fraction of sp³-hybridized carbons (Fsp3) is 0. The quantitative estimate of drug-likeness (QED) is 0.366. The van der Waals surface area contributed by atoms with Crippen LogP contribution in [0.1, 0.15) is 27.4 Å². The third kappa shape index (κ3) is 4.06. The number of hydrogen-bond donors (Lipinski definition) is 1. The van der Waals surface area contributed by atoms with Gasteiger partial charge in [0.25, 0.3) is 5.91 Å². The van der Waals surface area contributed by atoms with Crippen molar-refractivity contribution in [3.8, 4) is 11.8 Å². The topological polar surface area (TPSA) is 70.8 Å². The van der Waals surface area contributed by atoms with Crippen LogP contribution in [0.3, 0.4) is 0 Å². The van der Waals surface area contributed by atoms with E-state index in [4.69, 9.17) is 16.6 Å². The second-order valence-electron chi connectivity index (χ2n) is 6.16. The molecule has 0 aliphatic carbocycles. The molecule has 3 aromatic rings. The largest absolute Gasteiger partial charge is 0.478 e. The van der Waals surface area contributed by atoms with Crippen molar-refractivity contribution in [2.75, 3.05) is 4.90 Å². The number of nitrogens with zero attached hydrogens (tertiary/aromatic N) is 1. The number of amides is 1. The maximum absolute atomic E-state index is 12.9. The first-order valence-corrected chi connectivity index (χ1v) is 10.0. The predicted octanol–water partition coefficient (Wildman–Crippen LogP) is 4.78. The number of aromatic carboxylic acids is 1. The minimum atomic E-state index is -1.13. The summed E-state index contributed by atoms with van der Waals surface area (Å²) in [5, 5.41) is 9.40. The number of carboxylic acid groups (broad SMARTS) is 1. The molecule has 146 valence electrons. The number of carbonyl (C=O) groups is 2. The van der Waals surface area contributed by atoms with Gasteiger partial charge in [-0.1, -0.05) is 60.2 Å². The van der Waals surface area contributed by atoms with Gasteiger partial charge < -0.3 is 9.52 Å². The first kappa shape index (κ1) is 19.7. The van der Waals surface area contributed by atoms with Crippen LogP contribution in [0.4, 0.5) is 5.69 Å². The lowest BCUT2D eigenvalue weighted by Gasteiger charge is -2.16. The number of para-hydroxylation sites is 1. The minimum absolute atomic E-state index is 0.00604. The standard InChI is InChI=1S/C23H13NO4S2/c25-21-20(30-23(29)24(21)19-9-5-4-8-18(19)22(26)27)14-17-13-12-16(28-17)11-10-15-6-2-1-3-7-15/h1-9,12-14H,(H,26,27). The Balaban J connectivity index is 1.59. The molecule has 0 spiro atoms. The van der Waals surface area contributed by atoms with Gasteiger partial charge in [0.05, 0.1) is 16.2 Å². The zero-order valence-corrected chi connectivity index (χ0v) is 17.0. The molecule has 0 bridgehead atoms. The highest BCUT2D eigenvalue weighted by Crippen LogP contribution is 2.37. The van der Waals surface area contributed by atoms with Gasteiger partial charge in [-0.05, 0) is 42.3 Å². The molecule has 1 aliphatic heterocycles. The highest BCUT2D eigenvalue weighted by molar-refractivity contribution is 8.27. The molecule has 5 nitrogen and oxygen atoms in total. The van der Waals surface area contributed by atoms with Crippen molar-refractivity contribution < 1.29 is 19.1 Å². The molecule has 7 heteroatoms. The Bertz CT molecular complexity index is 1250. The number of benzene rings is 2. The molecule has 0 radical (unpaired) electrons. The summed E-state index contributed by atoms with van der Waals surface area (Å²) in [5.74, 6) is 5.35. The maximum atomic E-state index is 12.9. The lowest BCUT2D eigenvalue weighted by molar-refractivity contribution is -0.113. The first-order valence-electron chi connectivity index (χ1n) is 8.80. The lowest BCUT2D eigenvalue weighted by Crippen LogP contribution is -2.29. The minimum Gasteiger partial charge on any atom is -0.478 e. The van der Waals surface area contributed by atoms with Crippen LogP contribution in [0, 0.1) is 11.8 Å². The molecule has 2 aromatic carbocycles. The van der Waals surface area contributed by atoms with E-state index in [9.17, 15) is 14.7 Å². The smallest absolute Gasteiger partial charge is 0.337 e. The zero-order chi connectivity index (χ0) is 21.1. The normalized spacial score (nSPS) is 14.7. The number of thioether (sulfide) groups is 1. The second kappa shape index (κ2) is 8.41. The number of rotatable bonds is 3. The molecule has 1 saturated heterocycles. The summed E-state index contributed by atoms with van der Waals surface area (Å²) in [6.07, 6.45) is 1.58. The highest BCUT2D eigenvalue weighted by Gasteiger charge is 2.35. The van der Waals surface area contributed by atoms with Gasteiger partial charge in [-0.15, -0.1) is 0 Å². The third-order valence-corrected chi connectivity index (χ3v) is 5.48. The van der Waals surface area contributed by atoms with E-state index in [1.807, 2.05) is 30.3 Å². The van der Waals surface area contributed by atoms with Gasteiger partial charge >= 0.3 is 5.97 Å². The number of anilines is 1. The molecule has 1 aromatic heterocycles. The average Bonchev–Trinajstić information content (AvgIpc) is 3.31. The SMILES string of the molecule is O=C(O)c1ccccc1N1C(=O)C(=Cc2ccc(C#Cc3ccccc3)o2)SC1=S. The molecule has 0 saturated carbocycles. The predicted molar refractivity (Wildman–Crippen MR) is 120 cm³/mol. The molecular weight excluding hydrogens is 418 g/mol. The summed E-state index contributed by atoms with van der Waals surface area (Å²) in [6.45, 7) is 0. The molecule has 2 heterocycles. The summed E-state index contributed by atoms with van der Waals surface area (Å²) in [4.78, 5) is 26.0. The van der Waals surface area contributed by atoms with Crippen molar-refractivity contribution in [3.05, 3.63) is 94.3 Å². The van der Waals surface area contributed by atoms with E-state index < -0.39 is 11.9 Å². The fourth-order valence-electron chi connectivity index (χ4n) is 2.81. The molecule has 1 fully saturated rings. The van der Waals surface area contributed by atoms with E-state index in [-0.39, 0.29) is 15.6 Å². The van der Waals surface area contributed by atoms with Crippen molar-refractivity contribution in [2.24, 2.45) is 0 Å². The molecule has 1 aliphatic rings. The van der Waals surface area contributed by atoms with Crippen LogP contribution in [-0.4, -0.2) is 21.3 Å². The number of thiocarbonyl (C=S) groups is 1. The van der Waals surface area contributed by atoms with E-state index >= 15 is 0 Å². The van der Waals surface area contributed by atoms with Crippen molar-refractivity contribution >= 4 is 51.9 Å². The fourth-order valence-corrected chi connectivity index (χ4v) is 4.07. The van der Waals surface area contributed by atoms with Crippen LogP contribution in [0.15, 0.2) is 76.1 Å². The van der Waals surface area contributed by atoms with E-state index in [1.165, 1.54) is 11.0 Å². The zero-order valence-electron chi connectivity index (χ0n) is 15.4. The number of hydrogen-bond acceptors (Lipinski definition) is 5. The van der Waals surface area contributed by atoms with Crippen LogP contribution >= 0.6 is 24.0 Å². The second-order valence-corrected chi connectivity index (χ2v) is 7.83. The third-order valence-electron chi connectivity index (χ3n) is 4.17. The lowest BCUT2D eigenvalue weighted by atomic mass is 10.1.